The summed E-state index contributed by atoms with van der Waals surface area (Å²) < 4.78 is 34.6. The van der Waals surface area contributed by atoms with Gasteiger partial charge in [0.05, 0.1) is 0 Å². The molecule has 0 saturated carbocycles. The van der Waals surface area contributed by atoms with Crippen LogP contribution < -0.4 is 5.32 Å². The standard InChI is InChI=1S/C23H25N5O9P2/c1-13-26-21(24-9-14-6-7-15-4-2-3-5-16(15)8-14)18-22(27-13)28(11-25-18)23-20(30)19(29)17(37-23)10-36-39(34,35)12-38(31,32)33/h2-8,11,20,23,29-30H,9-10,12H2,1H3,(H,34,35)(H,24,26,27)(H2,31,32,33)/t20?,23-/m1/s1. The second kappa shape index (κ2) is 10.3. The topological polar surface area (TPSA) is 209 Å². The number of nitrogens with zero attached hydrogens (tertiary/aromatic N) is 4. The van der Waals surface area contributed by atoms with E-state index < -0.39 is 45.8 Å². The number of aliphatic hydroxyl groups excluding tert-OH is 2. The molecule has 3 atom stereocenters. The Morgan fingerprint density at radius 3 is 2.59 bits per heavy atom. The van der Waals surface area contributed by atoms with Crippen LogP contribution >= 0.6 is 15.2 Å². The monoisotopic (exact) mass is 577 g/mol. The summed E-state index contributed by atoms with van der Waals surface area (Å²) in [6.07, 6.45) is -1.52. The molecule has 5 rings (SSSR count). The number of ether oxygens (including phenoxy) is 1. The predicted molar refractivity (Wildman–Crippen MR) is 140 cm³/mol. The highest BCUT2D eigenvalue weighted by molar-refractivity contribution is 7.70. The molecule has 2 unspecified atom stereocenters. The number of anilines is 1. The van der Waals surface area contributed by atoms with Crippen molar-refractivity contribution < 1.29 is 43.3 Å². The van der Waals surface area contributed by atoms with Gasteiger partial charge in [0.2, 0.25) is 6.23 Å². The Kier molecular flexibility index (Phi) is 7.21. The average Bonchev–Trinajstić information content (AvgIpc) is 3.40. The lowest BCUT2D eigenvalue weighted by Gasteiger charge is -2.18. The summed E-state index contributed by atoms with van der Waals surface area (Å²) >= 11 is 0. The molecule has 16 heteroatoms. The normalized spacial score (nSPS) is 19.4. The van der Waals surface area contributed by atoms with Gasteiger partial charge in [0.1, 0.15) is 18.8 Å². The number of imidazole rings is 1. The molecule has 3 heterocycles. The van der Waals surface area contributed by atoms with E-state index in [1.54, 1.807) is 6.92 Å². The van der Waals surface area contributed by atoms with Crippen LogP contribution in [-0.2, 0) is 24.9 Å². The van der Waals surface area contributed by atoms with E-state index in [9.17, 15) is 24.2 Å². The zero-order chi connectivity index (χ0) is 27.9. The number of aliphatic hydroxyl groups is 2. The van der Waals surface area contributed by atoms with Crippen molar-refractivity contribution in [3.63, 3.8) is 0 Å². The van der Waals surface area contributed by atoms with Crippen LogP contribution in [0.5, 0.6) is 0 Å². The van der Waals surface area contributed by atoms with Gasteiger partial charge in [-0.15, -0.1) is 0 Å². The van der Waals surface area contributed by atoms with Gasteiger partial charge in [-0.2, -0.15) is 0 Å². The van der Waals surface area contributed by atoms with Crippen LogP contribution in [-0.4, -0.2) is 63.0 Å². The maximum Gasteiger partial charge on any atom is 0.340 e. The third-order valence-corrected chi connectivity index (χ3v) is 9.38. The van der Waals surface area contributed by atoms with Gasteiger partial charge in [-0.05, 0) is 29.3 Å². The fourth-order valence-corrected chi connectivity index (χ4v) is 6.70. The Morgan fingerprint density at radius 2 is 1.85 bits per heavy atom. The number of nitrogens with one attached hydrogen (secondary N) is 1. The lowest BCUT2D eigenvalue weighted by Crippen LogP contribution is -2.22. The first-order chi connectivity index (χ1) is 18.4. The summed E-state index contributed by atoms with van der Waals surface area (Å²) in [4.78, 5) is 40.8. The summed E-state index contributed by atoms with van der Waals surface area (Å²) in [5, 5.41) is 26.4. The van der Waals surface area contributed by atoms with Gasteiger partial charge in [0, 0.05) is 6.54 Å². The van der Waals surface area contributed by atoms with E-state index in [1.807, 2.05) is 36.4 Å². The third-order valence-electron chi connectivity index (χ3n) is 5.94. The van der Waals surface area contributed by atoms with Crippen LogP contribution in [0.15, 0.2) is 60.3 Å². The van der Waals surface area contributed by atoms with Gasteiger partial charge in [-0.1, -0.05) is 36.4 Å². The Labute approximate surface area is 221 Å². The molecule has 0 spiro atoms. The summed E-state index contributed by atoms with van der Waals surface area (Å²) in [6, 6.07) is 14.1. The van der Waals surface area contributed by atoms with Crippen molar-refractivity contribution in [2.75, 3.05) is 17.8 Å². The quantitative estimate of drug-likeness (QED) is 0.158. The van der Waals surface area contributed by atoms with Crippen LogP contribution in [0.25, 0.3) is 21.9 Å². The van der Waals surface area contributed by atoms with Crippen molar-refractivity contribution in [2.24, 2.45) is 0 Å². The van der Waals surface area contributed by atoms with Crippen LogP contribution in [0.1, 0.15) is 17.6 Å². The molecule has 39 heavy (non-hydrogen) atoms. The molecule has 2 aromatic heterocycles. The van der Waals surface area contributed by atoms with E-state index >= 15 is 0 Å². The lowest BCUT2D eigenvalue weighted by molar-refractivity contribution is -0.0112. The molecule has 14 nitrogen and oxygen atoms in total. The van der Waals surface area contributed by atoms with Crippen molar-refractivity contribution in [3.8, 4) is 0 Å². The average molecular weight is 577 g/mol. The summed E-state index contributed by atoms with van der Waals surface area (Å²) in [5.41, 5.74) is 1.69. The highest BCUT2D eigenvalue weighted by atomic mass is 31.2. The van der Waals surface area contributed by atoms with Gasteiger partial charge < -0.3 is 34.9 Å². The summed E-state index contributed by atoms with van der Waals surface area (Å²) in [7, 11) is -9.55. The minimum absolute atomic E-state index is 0.289. The fraction of sp³-hybridized carbons (Fsp3) is 0.261. The molecule has 0 fully saturated rings. The van der Waals surface area contributed by atoms with E-state index in [4.69, 9.17) is 19.0 Å². The molecule has 0 aliphatic carbocycles. The van der Waals surface area contributed by atoms with Crippen LogP contribution in [0, 0.1) is 6.92 Å². The van der Waals surface area contributed by atoms with Crippen molar-refractivity contribution in [2.45, 2.75) is 25.8 Å². The first kappa shape index (κ1) is 27.2. The number of aryl methyl sites for hydroxylation is 1. The predicted octanol–water partition coefficient (Wildman–Crippen LogP) is 2.90. The third kappa shape index (κ3) is 5.97. The van der Waals surface area contributed by atoms with Crippen molar-refractivity contribution in [1.82, 2.24) is 19.5 Å². The molecule has 1 aliphatic rings. The number of benzene rings is 2. The van der Waals surface area contributed by atoms with Gasteiger partial charge in [-0.25, -0.2) is 15.0 Å². The fourth-order valence-electron chi connectivity index (χ4n) is 4.19. The SMILES string of the molecule is Cc1nc(NCc2ccc3ccccc3c2)c2ncn([C@@H]3OC(COP(=O)(O)CP(=O)(O)O)=C(O)C3O)c2n1. The summed E-state index contributed by atoms with van der Waals surface area (Å²) in [6.45, 7) is 1.32. The molecule has 206 valence electrons. The number of rotatable bonds is 9. The number of fused-ring (bicyclic) bond motifs is 2. The minimum Gasteiger partial charge on any atom is -0.506 e. The van der Waals surface area contributed by atoms with Crippen molar-refractivity contribution >= 4 is 42.9 Å². The van der Waals surface area contributed by atoms with Gasteiger partial charge in [-0.3, -0.25) is 18.2 Å². The Bertz CT molecular complexity index is 1690. The molecule has 0 amide bonds. The van der Waals surface area contributed by atoms with E-state index in [-0.39, 0.29) is 11.4 Å². The minimum atomic E-state index is -4.84. The Hall–Kier alpha value is -3.35. The van der Waals surface area contributed by atoms with Crippen LogP contribution in [0.2, 0.25) is 0 Å². The van der Waals surface area contributed by atoms with Crippen LogP contribution in [0.3, 0.4) is 0 Å². The molecular formula is C23H25N5O9P2. The molecule has 0 saturated heterocycles. The Balaban J connectivity index is 1.34. The molecular weight excluding hydrogens is 552 g/mol. The van der Waals surface area contributed by atoms with E-state index in [0.717, 1.165) is 16.3 Å². The van der Waals surface area contributed by atoms with Gasteiger partial charge in [0.15, 0.2) is 40.5 Å². The second-order valence-electron chi connectivity index (χ2n) is 8.96. The molecule has 0 radical (unpaired) electrons. The molecule has 1 aliphatic heterocycles. The molecule has 2 aromatic carbocycles. The largest absolute Gasteiger partial charge is 0.506 e. The van der Waals surface area contributed by atoms with E-state index in [1.165, 1.54) is 10.9 Å². The van der Waals surface area contributed by atoms with Crippen molar-refractivity contribution in [1.29, 1.82) is 0 Å². The molecule has 6 N–H and O–H groups in total. The first-order valence-corrected chi connectivity index (χ1v) is 15.2. The maximum absolute atomic E-state index is 11.9. The number of hydrogen-bond donors (Lipinski definition) is 6. The van der Waals surface area contributed by atoms with Gasteiger partial charge in [0.25, 0.3) is 0 Å². The lowest BCUT2D eigenvalue weighted by atomic mass is 10.1. The zero-order valence-electron chi connectivity index (χ0n) is 20.4. The summed E-state index contributed by atoms with van der Waals surface area (Å²) in [5.74, 6) is -1.61. The highest BCUT2D eigenvalue weighted by Gasteiger charge is 2.40. The smallest absolute Gasteiger partial charge is 0.340 e. The highest BCUT2D eigenvalue weighted by Crippen LogP contribution is 2.55. The second-order valence-corrected chi connectivity index (χ2v) is 13.0. The van der Waals surface area contributed by atoms with Crippen molar-refractivity contribution in [3.05, 3.63) is 71.7 Å². The molecule has 4 aromatic rings. The van der Waals surface area contributed by atoms with E-state index in [2.05, 4.69) is 26.3 Å². The first-order valence-electron chi connectivity index (χ1n) is 11.6. The van der Waals surface area contributed by atoms with E-state index in [0.29, 0.717) is 23.7 Å². The van der Waals surface area contributed by atoms with Crippen LogP contribution in [0.4, 0.5) is 5.82 Å². The number of aromatic nitrogens is 4. The maximum atomic E-state index is 11.9. The zero-order valence-corrected chi connectivity index (χ0v) is 22.2. The van der Waals surface area contributed by atoms with Gasteiger partial charge >= 0.3 is 15.2 Å². The Morgan fingerprint density at radius 1 is 1.10 bits per heavy atom. The number of hydrogen-bond acceptors (Lipinski definition) is 10. The molecule has 0 bridgehead atoms.